The van der Waals surface area contributed by atoms with Crippen LogP contribution in [0.2, 0.25) is 0 Å². The summed E-state index contributed by atoms with van der Waals surface area (Å²) in [5, 5.41) is 13.7. The van der Waals surface area contributed by atoms with E-state index in [-0.39, 0.29) is 11.7 Å². The Hall–Kier alpha value is -3.46. The van der Waals surface area contributed by atoms with Gasteiger partial charge in [-0.05, 0) is 34.9 Å². The second kappa shape index (κ2) is 8.72. The maximum absolute atomic E-state index is 14.9. The molecular weight excluding hydrogens is 464 g/mol. The van der Waals surface area contributed by atoms with E-state index in [1.807, 2.05) is 43.3 Å². The third kappa shape index (κ3) is 4.23. The van der Waals surface area contributed by atoms with Crippen LogP contribution in [0.5, 0.6) is 0 Å². The standard InChI is InChI=1S/C25H18F4N4S/c1-15(18-9-12-20(21(26)13-18)16-5-3-2-4-6-16)23-30-31-24-33(23)32-22(14-34-24)17-7-10-19(11-8-17)25(27,28)29/h2-13,15H,14H2,1H3. The van der Waals surface area contributed by atoms with Gasteiger partial charge >= 0.3 is 6.18 Å². The molecule has 0 saturated carbocycles. The zero-order valence-corrected chi connectivity index (χ0v) is 18.7. The van der Waals surface area contributed by atoms with Crippen LogP contribution in [0, 0.1) is 5.82 Å². The van der Waals surface area contributed by atoms with E-state index < -0.39 is 11.7 Å². The van der Waals surface area contributed by atoms with Crippen molar-refractivity contribution in [2.24, 2.45) is 5.10 Å². The van der Waals surface area contributed by atoms with Gasteiger partial charge in [0.1, 0.15) is 5.82 Å². The van der Waals surface area contributed by atoms with E-state index in [2.05, 4.69) is 15.3 Å². The highest BCUT2D eigenvalue weighted by Crippen LogP contribution is 2.33. The van der Waals surface area contributed by atoms with E-state index in [0.29, 0.717) is 39.1 Å². The average molecular weight is 483 g/mol. The molecule has 0 fully saturated rings. The number of nitrogens with zero attached hydrogens (tertiary/aromatic N) is 4. The topological polar surface area (TPSA) is 43.1 Å². The number of benzene rings is 3. The van der Waals surface area contributed by atoms with Crippen LogP contribution in [-0.4, -0.2) is 26.3 Å². The maximum atomic E-state index is 14.9. The summed E-state index contributed by atoms with van der Waals surface area (Å²) in [5.74, 6) is 0.339. The molecule has 1 aliphatic heterocycles. The highest BCUT2D eigenvalue weighted by molar-refractivity contribution is 7.99. The Morgan fingerprint density at radius 3 is 2.32 bits per heavy atom. The summed E-state index contributed by atoms with van der Waals surface area (Å²) in [6.45, 7) is 1.89. The lowest BCUT2D eigenvalue weighted by Gasteiger charge is -2.17. The quantitative estimate of drug-likeness (QED) is 0.307. The number of hydrogen-bond donors (Lipinski definition) is 0. The van der Waals surface area contributed by atoms with Crippen molar-refractivity contribution in [1.82, 2.24) is 14.9 Å². The van der Waals surface area contributed by atoms with Gasteiger partial charge in [0.2, 0.25) is 5.16 Å². The van der Waals surface area contributed by atoms with Crippen LogP contribution in [0.15, 0.2) is 83.1 Å². The molecule has 1 aliphatic rings. The van der Waals surface area contributed by atoms with Crippen LogP contribution in [0.4, 0.5) is 17.6 Å². The summed E-state index contributed by atoms with van der Waals surface area (Å²) in [6, 6.07) is 19.3. The van der Waals surface area contributed by atoms with Gasteiger partial charge < -0.3 is 0 Å². The molecule has 0 saturated heterocycles. The molecule has 0 aliphatic carbocycles. The molecule has 0 radical (unpaired) electrons. The van der Waals surface area contributed by atoms with Crippen molar-refractivity contribution in [3.8, 4) is 11.1 Å². The van der Waals surface area contributed by atoms with Gasteiger partial charge in [-0.3, -0.25) is 0 Å². The molecule has 0 amide bonds. The molecule has 2 heterocycles. The summed E-state index contributed by atoms with van der Waals surface area (Å²) in [6.07, 6.45) is -4.39. The first-order chi connectivity index (χ1) is 16.3. The second-order valence-corrected chi connectivity index (χ2v) is 8.83. The van der Waals surface area contributed by atoms with Gasteiger partial charge in [0.25, 0.3) is 0 Å². The third-order valence-corrected chi connectivity index (χ3v) is 6.64. The van der Waals surface area contributed by atoms with Gasteiger partial charge in [0, 0.05) is 17.2 Å². The summed E-state index contributed by atoms with van der Waals surface area (Å²) < 4.78 is 55.2. The van der Waals surface area contributed by atoms with Gasteiger partial charge in [-0.1, -0.05) is 73.3 Å². The predicted octanol–water partition coefficient (Wildman–Crippen LogP) is 6.61. The third-order valence-electron chi connectivity index (χ3n) is 5.71. The van der Waals surface area contributed by atoms with E-state index >= 15 is 0 Å². The van der Waals surface area contributed by atoms with E-state index in [9.17, 15) is 17.6 Å². The lowest BCUT2D eigenvalue weighted by molar-refractivity contribution is -0.137. The molecule has 5 rings (SSSR count). The highest BCUT2D eigenvalue weighted by atomic mass is 32.2. The van der Waals surface area contributed by atoms with Crippen LogP contribution in [-0.2, 0) is 6.18 Å². The van der Waals surface area contributed by atoms with E-state index in [0.717, 1.165) is 17.7 Å². The van der Waals surface area contributed by atoms with Crippen molar-refractivity contribution in [2.45, 2.75) is 24.2 Å². The fourth-order valence-electron chi connectivity index (χ4n) is 3.81. The van der Waals surface area contributed by atoms with Gasteiger partial charge in [-0.15, -0.1) is 10.2 Å². The van der Waals surface area contributed by atoms with Crippen molar-refractivity contribution in [3.63, 3.8) is 0 Å². The van der Waals surface area contributed by atoms with Crippen LogP contribution in [0.1, 0.15) is 35.4 Å². The fourth-order valence-corrected chi connectivity index (χ4v) is 4.65. The van der Waals surface area contributed by atoms with Crippen LogP contribution in [0.3, 0.4) is 0 Å². The Labute approximate surface area is 197 Å². The Morgan fingerprint density at radius 1 is 0.912 bits per heavy atom. The molecule has 0 spiro atoms. The Balaban J connectivity index is 1.45. The number of hydrogen-bond acceptors (Lipinski definition) is 4. The molecule has 1 aromatic heterocycles. The van der Waals surface area contributed by atoms with Crippen molar-refractivity contribution >= 4 is 17.5 Å². The summed E-state index contributed by atoms with van der Waals surface area (Å²) >= 11 is 1.40. The van der Waals surface area contributed by atoms with Crippen molar-refractivity contribution < 1.29 is 17.6 Å². The number of thioether (sulfide) groups is 1. The zero-order chi connectivity index (χ0) is 23.9. The van der Waals surface area contributed by atoms with Crippen molar-refractivity contribution in [1.29, 1.82) is 0 Å². The predicted molar refractivity (Wildman–Crippen MR) is 123 cm³/mol. The summed E-state index contributed by atoms with van der Waals surface area (Å²) in [7, 11) is 0. The molecule has 1 unspecified atom stereocenters. The minimum absolute atomic E-state index is 0.308. The lowest BCUT2D eigenvalue weighted by Crippen LogP contribution is -2.16. The van der Waals surface area contributed by atoms with Crippen LogP contribution >= 0.6 is 11.8 Å². The maximum Gasteiger partial charge on any atom is 0.416 e. The first-order valence-electron chi connectivity index (χ1n) is 10.5. The number of fused-ring (bicyclic) bond motifs is 1. The molecule has 4 aromatic rings. The molecule has 3 aromatic carbocycles. The normalized spacial score (nSPS) is 14.4. The molecule has 4 nitrogen and oxygen atoms in total. The summed E-state index contributed by atoms with van der Waals surface area (Å²) in [4.78, 5) is 0. The summed E-state index contributed by atoms with van der Waals surface area (Å²) in [5.41, 5.74) is 2.52. The Bertz CT molecular complexity index is 1360. The first kappa shape index (κ1) is 22.3. The van der Waals surface area contributed by atoms with Crippen LogP contribution in [0.25, 0.3) is 11.1 Å². The van der Waals surface area contributed by atoms with Gasteiger partial charge in [0.15, 0.2) is 5.82 Å². The molecule has 172 valence electrons. The average Bonchev–Trinajstić information content (AvgIpc) is 3.27. The van der Waals surface area contributed by atoms with Crippen molar-refractivity contribution in [2.75, 3.05) is 5.75 Å². The largest absolute Gasteiger partial charge is 0.416 e. The molecule has 9 heteroatoms. The lowest BCUT2D eigenvalue weighted by atomic mass is 9.96. The SMILES string of the molecule is CC(c1ccc(-c2ccccc2)c(F)c1)c1nnc2n1N=C(c1ccc(C(F)(F)F)cc1)CS2. The van der Waals surface area contributed by atoms with Gasteiger partial charge in [-0.2, -0.15) is 22.9 Å². The second-order valence-electron chi connectivity index (χ2n) is 7.89. The molecular formula is C25H18F4N4S. The van der Waals surface area contributed by atoms with E-state index in [1.165, 1.54) is 30.0 Å². The number of rotatable bonds is 4. The molecule has 0 N–H and O–H groups in total. The van der Waals surface area contributed by atoms with Crippen molar-refractivity contribution in [3.05, 3.63) is 101 Å². The minimum atomic E-state index is -4.39. The first-order valence-corrected chi connectivity index (χ1v) is 11.5. The fraction of sp³-hybridized carbons (Fsp3) is 0.160. The molecule has 34 heavy (non-hydrogen) atoms. The number of aromatic nitrogens is 3. The van der Waals surface area contributed by atoms with Gasteiger partial charge in [0.05, 0.1) is 11.3 Å². The molecule has 1 atom stereocenters. The highest BCUT2D eigenvalue weighted by Gasteiger charge is 2.30. The van der Waals surface area contributed by atoms with Gasteiger partial charge in [-0.25, -0.2) is 4.39 Å². The van der Waals surface area contributed by atoms with E-state index in [4.69, 9.17) is 0 Å². The number of alkyl halides is 3. The van der Waals surface area contributed by atoms with Crippen LogP contribution < -0.4 is 0 Å². The van der Waals surface area contributed by atoms with E-state index in [1.54, 1.807) is 10.7 Å². The Kier molecular flexibility index (Phi) is 5.73. The zero-order valence-electron chi connectivity index (χ0n) is 17.9. The Morgan fingerprint density at radius 2 is 1.65 bits per heavy atom. The minimum Gasteiger partial charge on any atom is -0.206 e. The smallest absolute Gasteiger partial charge is 0.206 e. The monoisotopic (exact) mass is 482 g/mol. The molecule has 0 bridgehead atoms. The number of halogens is 4.